The van der Waals surface area contributed by atoms with E-state index < -0.39 is 17.8 Å². The van der Waals surface area contributed by atoms with Crippen molar-refractivity contribution in [3.05, 3.63) is 64.3 Å². The lowest BCUT2D eigenvalue weighted by Crippen LogP contribution is -2.37. The molecule has 156 valence electrons. The summed E-state index contributed by atoms with van der Waals surface area (Å²) < 4.78 is 4.71. The first kappa shape index (κ1) is 21.4. The number of carbonyl (C=O) groups excluding carboxylic acids is 3. The number of ether oxygens (including phenoxy) is 1. The van der Waals surface area contributed by atoms with Crippen LogP contribution in [0.5, 0.6) is 0 Å². The van der Waals surface area contributed by atoms with Crippen LogP contribution >= 0.6 is 11.6 Å². The van der Waals surface area contributed by atoms with Crippen LogP contribution in [0.1, 0.15) is 17.5 Å². The van der Waals surface area contributed by atoms with E-state index in [-0.39, 0.29) is 13.0 Å². The van der Waals surface area contributed by atoms with Gasteiger partial charge in [0.15, 0.2) is 0 Å². The molecule has 1 aliphatic heterocycles. The second kappa shape index (κ2) is 9.00. The van der Waals surface area contributed by atoms with Crippen LogP contribution in [-0.4, -0.2) is 31.4 Å². The third-order valence-electron chi connectivity index (χ3n) is 4.77. The highest BCUT2D eigenvalue weighted by Gasteiger charge is 2.26. The maximum absolute atomic E-state index is 13.0. The summed E-state index contributed by atoms with van der Waals surface area (Å²) >= 11 is 6.11. The lowest BCUT2D eigenvalue weighted by Gasteiger charge is -2.23. The van der Waals surface area contributed by atoms with Gasteiger partial charge in [-0.3, -0.25) is 19.3 Å². The molecule has 0 saturated carbocycles. The number of carbonyl (C=O) groups is 3. The molecule has 3 rings (SSSR count). The van der Waals surface area contributed by atoms with Crippen LogP contribution in [0.3, 0.4) is 0 Å². The number of fused-ring (bicyclic) bond motifs is 1. The predicted molar refractivity (Wildman–Crippen MR) is 117 cm³/mol. The molecule has 2 amide bonds. The number of methoxy groups -OCH3 is 1. The van der Waals surface area contributed by atoms with Crippen LogP contribution in [0, 0.1) is 13.8 Å². The Kier molecular flexibility index (Phi) is 6.42. The average Bonchev–Trinajstić information content (AvgIpc) is 2.81. The van der Waals surface area contributed by atoms with Crippen LogP contribution < -0.4 is 15.5 Å². The maximum Gasteiger partial charge on any atom is 0.311 e. The van der Waals surface area contributed by atoms with E-state index in [1.54, 1.807) is 24.3 Å². The molecule has 0 unspecified atom stereocenters. The molecule has 0 saturated heterocycles. The van der Waals surface area contributed by atoms with E-state index in [2.05, 4.69) is 10.6 Å². The quantitative estimate of drug-likeness (QED) is 0.708. The first-order chi connectivity index (χ1) is 14.3. The summed E-state index contributed by atoms with van der Waals surface area (Å²) in [7, 11) is 1.29. The van der Waals surface area contributed by atoms with Gasteiger partial charge in [-0.15, -0.1) is 0 Å². The normalized spacial score (nSPS) is 13.0. The molecule has 2 N–H and O–H groups in total. The topological polar surface area (TPSA) is 87.7 Å². The molecule has 8 heteroatoms. The third-order valence-corrected chi connectivity index (χ3v) is 5.10. The zero-order valence-corrected chi connectivity index (χ0v) is 17.7. The van der Waals surface area contributed by atoms with E-state index in [4.69, 9.17) is 16.3 Å². The Morgan fingerprint density at radius 3 is 2.57 bits per heavy atom. The summed E-state index contributed by atoms with van der Waals surface area (Å²) in [4.78, 5) is 38.7. The van der Waals surface area contributed by atoms with Crippen molar-refractivity contribution < 1.29 is 19.1 Å². The molecule has 0 aliphatic carbocycles. The van der Waals surface area contributed by atoms with Crippen molar-refractivity contribution in [1.82, 2.24) is 0 Å². The number of anilines is 3. The standard InChI is InChI=1S/C22H22ClN3O4/c1-13-8-18-19(9-14(13)2)26(21(28)10-15(24-18)11-22(29)30-3)12-20(27)25-17-7-5-4-6-16(17)23/h4-10,24H,11-12H2,1-3H3,(H,25,27). The minimum absolute atomic E-state index is 0.0890. The van der Waals surface area contributed by atoms with Crippen LogP contribution in [0.15, 0.2) is 48.2 Å². The molecule has 0 atom stereocenters. The molecular weight excluding hydrogens is 406 g/mol. The molecule has 0 bridgehead atoms. The van der Waals surface area contributed by atoms with Gasteiger partial charge in [0.2, 0.25) is 5.91 Å². The fourth-order valence-electron chi connectivity index (χ4n) is 3.06. The van der Waals surface area contributed by atoms with Gasteiger partial charge in [0.25, 0.3) is 5.91 Å². The van der Waals surface area contributed by atoms with Crippen molar-refractivity contribution in [2.75, 3.05) is 29.2 Å². The molecule has 2 aromatic carbocycles. The molecule has 1 aliphatic rings. The first-order valence-electron chi connectivity index (χ1n) is 9.30. The largest absolute Gasteiger partial charge is 0.469 e. The molecule has 0 fully saturated rings. The minimum Gasteiger partial charge on any atom is -0.469 e. The van der Waals surface area contributed by atoms with Gasteiger partial charge in [0.05, 0.1) is 35.6 Å². The highest BCUT2D eigenvalue weighted by molar-refractivity contribution is 6.33. The Hall–Kier alpha value is -3.32. The number of esters is 1. The number of nitrogens with zero attached hydrogens (tertiary/aromatic N) is 1. The highest BCUT2D eigenvalue weighted by atomic mass is 35.5. The fraction of sp³-hybridized carbons (Fsp3) is 0.227. The Bertz CT molecular complexity index is 1050. The molecular formula is C22H22ClN3O4. The lowest BCUT2D eigenvalue weighted by atomic mass is 10.1. The van der Waals surface area contributed by atoms with Crippen molar-refractivity contribution in [2.45, 2.75) is 20.3 Å². The van der Waals surface area contributed by atoms with E-state index in [1.807, 2.05) is 26.0 Å². The van der Waals surface area contributed by atoms with Gasteiger partial charge in [0, 0.05) is 11.8 Å². The van der Waals surface area contributed by atoms with Crippen LogP contribution in [0.4, 0.5) is 17.1 Å². The van der Waals surface area contributed by atoms with Crippen molar-refractivity contribution in [3.8, 4) is 0 Å². The van der Waals surface area contributed by atoms with Gasteiger partial charge >= 0.3 is 5.97 Å². The summed E-state index contributed by atoms with van der Waals surface area (Å²) in [5, 5.41) is 6.26. The van der Waals surface area contributed by atoms with Crippen LogP contribution in [-0.2, 0) is 19.1 Å². The van der Waals surface area contributed by atoms with E-state index in [9.17, 15) is 14.4 Å². The van der Waals surface area contributed by atoms with Crippen molar-refractivity contribution in [3.63, 3.8) is 0 Å². The summed E-state index contributed by atoms with van der Waals surface area (Å²) in [6.07, 6.45) is 1.22. The Morgan fingerprint density at radius 2 is 1.87 bits per heavy atom. The van der Waals surface area contributed by atoms with Gasteiger partial charge in [0.1, 0.15) is 6.54 Å². The Balaban J connectivity index is 1.93. The average molecular weight is 428 g/mol. The second-order valence-electron chi connectivity index (χ2n) is 6.95. The van der Waals surface area contributed by atoms with E-state index in [0.29, 0.717) is 27.8 Å². The molecule has 2 aromatic rings. The Labute approximate surface area is 179 Å². The third kappa shape index (κ3) is 4.80. The van der Waals surface area contributed by atoms with E-state index in [0.717, 1.165) is 11.1 Å². The summed E-state index contributed by atoms with van der Waals surface area (Å²) in [5.74, 6) is -1.29. The predicted octanol–water partition coefficient (Wildman–Crippen LogP) is 3.80. The van der Waals surface area contributed by atoms with Gasteiger partial charge in [-0.2, -0.15) is 0 Å². The molecule has 0 radical (unpaired) electrons. The fourth-order valence-corrected chi connectivity index (χ4v) is 3.24. The highest BCUT2D eigenvalue weighted by Crippen LogP contribution is 2.33. The second-order valence-corrected chi connectivity index (χ2v) is 7.36. The summed E-state index contributed by atoms with van der Waals surface area (Å²) in [6.45, 7) is 3.65. The number of hydrogen-bond donors (Lipinski definition) is 2. The van der Waals surface area contributed by atoms with Gasteiger partial charge in [-0.05, 0) is 49.2 Å². The zero-order chi connectivity index (χ0) is 21.8. The molecule has 1 heterocycles. The smallest absolute Gasteiger partial charge is 0.311 e. The monoisotopic (exact) mass is 427 g/mol. The zero-order valence-electron chi connectivity index (χ0n) is 16.9. The molecule has 30 heavy (non-hydrogen) atoms. The van der Waals surface area contributed by atoms with Crippen molar-refractivity contribution >= 4 is 46.4 Å². The van der Waals surface area contributed by atoms with Gasteiger partial charge < -0.3 is 15.4 Å². The summed E-state index contributed by atoms with van der Waals surface area (Å²) in [6, 6.07) is 10.6. The van der Waals surface area contributed by atoms with Gasteiger partial charge in [-0.25, -0.2) is 0 Å². The summed E-state index contributed by atoms with van der Waals surface area (Å²) in [5.41, 5.74) is 4.01. The van der Waals surface area contributed by atoms with Crippen LogP contribution in [0.25, 0.3) is 0 Å². The first-order valence-corrected chi connectivity index (χ1v) is 9.68. The molecule has 0 aromatic heterocycles. The van der Waals surface area contributed by atoms with E-state index in [1.165, 1.54) is 18.1 Å². The Morgan fingerprint density at radius 1 is 1.17 bits per heavy atom. The lowest BCUT2D eigenvalue weighted by molar-refractivity contribution is -0.139. The number of hydrogen-bond acceptors (Lipinski definition) is 5. The number of aryl methyl sites for hydroxylation is 2. The molecule has 7 nitrogen and oxygen atoms in total. The number of rotatable bonds is 5. The number of amides is 2. The van der Waals surface area contributed by atoms with E-state index >= 15 is 0 Å². The number of halogens is 1. The SMILES string of the molecule is COC(=O)CC1=CC(=O)N(CC(=O)Nc2ccccc2Cl)c2cc(C)c(C)cc2N1. The van der Waals surface area contributed by atoms with Crippen molar-refractivity contribution in [2.24, 2.45) is 0 Å². The number of para-hydroxylation sites is 1. The van der Waals surface area contributed by atoms with Crippen molar-refractivity contribution in [1.29, 1.82) is 0 Å². The minimum atomic E-state index is -0.475. The number of benzene rings is 2. The van der Waals surface area contributed by atoms with Crippen LogP contribution in [0.2, 0.25) is 5.02 Å². The number of nitrogens with one attached hydrogen (secondary N) is 2. The molecule has 0 spiro atoms. The van der Waals surface area contributed by atoms with Gasteiger partial charge in [-0.1, -0.05) is 23.7 Å². The maximum atomic E-state index is 13.0.